The molecule has 0 aromatic heterocycles. The lowest BCUT2D eigenvalue weighted by Gasteiger charge is -2.23. The van der Waals surface area contributed by atoms with Crippen LogP contribution >= 0.6 is 12.4 Å². The molecule has 2 rings (SSSR count). The predicted octanol–water partition coefficient (Wildman–Crippen LogP) is 1.15. The van der Waals surface area contributed by atoms with E-state index in [1.807, 2.05) is 6.07 Å². The number of halogens is 1. The van der Waals surface area contributed by atoms with Gasteiger partial charge in [-0.1, -0.05) is 12.1 Å². The molecule has 1 heterocycles. The van der Waals surface area contributed by atoms with Crippen LogP contribution in [0.1, 0.15) is 24.0 Å². The Hall–Kier alpha value is -1.13. The van der Waals surface area contributed by atoms with Gasteiger partial charge in [0.2, 0.25) is 10.0 Å². The summed E-state index contributed by atoms with van der Waals surface area (Å²) in [4.78, 5) is 0. The van der Waals surface area contributed by atoms with Gasteiger partial charge in [0.25, 0.3) is 0 Å². The molecule has 1 aliphatic rings. The fraction of sp³-hybridized carbons (Fsp3) is 0.462. The van der Waals surface area contributed by atoms with Gasteiger partial charge in [0, 0.05) is 12.6 Å². The standard InChI is InChI=1S/C13H17N3O2S.ClH/c14-8-11-3-1-4-12(7-11)10-19(17,18)16-13-5-2-6-15-9-13;/h1,3-4,7,13,15-16H,2,5-6,9-10H2;1H/t13-;/m0./s1. The fourth-order valence-corrected chi connectivity index (χ4v) is 3.61. The van der Waals surface area contributed by atoms with Crippen molar-refractivity contribution < 1.29 is 8.42 Å². The first kappa shape index (κ1) is 16.9. The van der Waals surface area contributed by atoms with Gasteiger partial charge in [-0.3, -0.25) is 0 Å². The number of benzene rings is 1. The average molecular weight is 316 g/mol. The maximum atomic E-state index is 12.0. The Morgan fingerprint density at radius 2 is 2.25 bits per heavy atom. The van der Waals surface area contributed by atoms with E-state index in [1.165, 1.54) is 0 Å². The van der Waals surface area contributed by atoms with E-state index in [-0.39, 0.29) is 24.2 Å². The molecule has 0 spiro atoms. The van der Waals surface area contributed by atoms with E-state index in [9.17, 15) is 8.42 Å². The topological polar surface area (TPSA) is 82.0 Å². The van der Waals surface area contributed by atoms with Crippen molar-refractivity contribution in [2.45, 2.75) is 24.6 Å². The minimum absolute atomic E-state index is 0. The Morgan fingerprint density at radius 1 is 1.45 bits per heavy atom. The second kappa shape index (κ2) is 7.60. The zero-order valence-electron chi connectivity index (χ0n) is 11.0. The van der Waals surface area contributed by atoms with E-state index in [1.54, 1.807) is 24.3 Å². The van der Waals surface area contributed by atoms with Gasteiger partial charge in [-0.15, -0.1) is 12.4 Å². The molecule has 0 bridgehead atoms. The molecular weight excluding hydrogens is 298 g/mol. The number of hydrogen-bond acceptors (Lipinski definition) is 4. The van der Waals surface area contributed by atoms with E-state index in [0.29, 0.717) is 17.7 Å². The molecule has 1 atom stereocenters. The first-order valence-electron chi connectivity index (χ1n) is 6.29. The number of piperidine rings is 1. The molecule has 0 saturated carbocycles. The molecule has 0 unspecified atom stereocenters. The summed E-state index contributed by atoms with van der Waals surface area (Å²) in [5, 5.41) is 12.0. The summed E-state index contributed by atoms with van der Waals surface area (Å²) in [6.45, 7) is 1.62. The Balaban J connectivity index is 0.00000200. The molecular formula is C13H18ClN3O2S. The Bertz CT molecular complexity index is 578. The monoisotopic (exact) mass is 315 g/mol. The number of nitriles is 1. The van der Waals surface area contributed by atoms with Crippen LogP contribution in [0.3, 0.4) is 0 Å². The summed E-state index contributed by atoms with van der Waals surface area (Å²) in [5.41, 5.74) is 1.11. The van der Waals surface area contributed by atoms with Crippen molar-refractivity contribution in [2.75, 3.05) is 13.1 Å². The van der Waals surface area contributed by atoms with Gasteiger partial charge in [0.15, 0.2) is 0 Å². The number of sulfonamides is 1. The Labute approximate surface area is 125 Å². The zero-order chi connectivity index (χ0) is 13.7. The Morgan fingerprint density at radius 3 is 2.90 bits per heavy atom. The molecule has 0 amide bonds. The molecule has 1 fully saturated rings. The van der Waals surface area contributed by atoms with Crippen LogP contribution in [0.25, 0.3) is 0 Å². The second-order valence-electron chi connectivity index (χ2n) is 4.73. The van der Waals surface area contributed by atoms with Gasteiger partial charge in [0.1, 0.15) is 0 Å². The maximum Gasteiger partial charge on any atom is 0.216 e. The van der Waals surface area contributed by atoms with Crippen LogP contribution in [0.15, 0.2) is 24.3 Å². The first-order valence-corrected chi connectivity index (χ1v) is 7.94. The van der Waals surface area contributed by atoms with E-state index in [4.69, 9.17) is 5.26 Å². The van der Waals surface area contributed by atoms with Crippen molar-refractivity contribution in [3.05, 3.63) is 35.4 Å². The molecule has 5 nitrogen and oxygen atoms in total. The van der Waals surface area contributed by atoms with Gasteiger partial charge >= 0.3 is 0 Å². The highest BCUT2D eigenvalue weighted by atomic mass is 35.5. The van der Waals surface area contributed by atoms with Crippen LogP contribution in [-0.2, 0) is 15.8 Å². The van der Waals surface area contributed by atoms with Gasteiger partial charge in [-0.2, -0.15) is 5.26 Å². The summed E-state index contributed by atoms with van der Waals surface area (Å²) in [5.74, 6) is -0.0843. The van der Waals surface area contributed by atoms with Crippen LogP contribution in [0.2, 0.25) is 0 Å². The summed E-state index contributed by atoms with van der Waals surface area (Å²) in [7, 11) is -3.36. The van der Waals surface area contributed by atoms with E-state index < -0.39 is 10.0 Å². The molecule has 20 heavy (non-hydrogen) atoms. The summed E-state index contributed by atoms with van der Waals surface area (Å²) in [6.07, 6.45) is 1.85. The second-order valence-corrected chi connectivity index (χ2v) is 6.49. The lowest BCUT2D eigenvalue weighted by atomic mass is 10.1. The quantitative estimate of drug-likeness (QED) is 0.873. The van der Waals surface area contributed by atoms with Gasteiger partial charge in [-0.25, -0.2) is 13.1 Å². The van der Waals surface area contributed by atoms with Crippen LogP contribution < -0.4 is 10.0 Å². The van der Waals surface area contributed by atoms with Crippen molar-refractivity contribution >= 4 is 22.4 Å². The number of nitrogens with one attached hydrogen (secondary N) is 2. The molecule has 0 aliphatic carbocycles. The predicted molar refractivity (Wildman–Crippen MR) is 80.1 cm³/mol. The largest absolute Gasteiger partial charge is 0.315 e. The molecule has 1 saturated heterocycles. The zero-order valence-corrected chi connectivity index (χ0v) is 12.6. The minimum Gasteiger partial charge on any atom is -0.315 e. The van der Waals surface area contributed by atoms with Crippen LogP contribution in [0, 0.1) is 11.3 Å². The average Bonchev–Trinajstić information content (AvgIpc) is 2.39. The molecule has 1 aromatic rings. The first-order chi connectivity index (χ1) is 9.09. The van der Waals surface area contributed by atoms with Gasteiger partial charge in [-0.05, 0) is 37.1 Å². The van der Waals surface area contributed by atoms with Gasteiger partial charge in [0.05, 0.1) is 17.4 Å². The third-order valence-electron chi connectivity index (χ3n) is 3.06. The fourth-order valence-electron chi connectivity index (χ4n) is 2.20. The smallest absolute Gasteiger partial charge is 0.216 e. The Kier molecular flexibility index (Phi) is 6.43. The van der Waals surface area contributed by atoms with Crippen LogP contribution in [-0.4, -0.2) is 27.5 Å². The molecule has 1 aliphatic heterocycles. The number of nitrogens with zero attached hydrogens (tertiary/aromatic N) is 1. The van der Waals surface area contributed by atoms with Crippen LogP contribution in [0.4, 0.5) is 0 Å². The lowest BCUT2D eigenvalue weighted by molar-refractivity contribution is 0.428. The molecule has 110 valence electrons. The third-order valence-corrected chi connectivity index (χ3v) is 4.46. The summed E-state index contributed by atoms with van der Waals surface area (Å²) >= 11 is 0. The lowest BCUT2D eigenvalue weighted by Crippen LogP contribution is -2.45. The van der Waals surface area contributed by atoms with Crippen molar-refractivity contribution in [1.82, 2.24) is 10.0 Å². The highest BCUT2D eigenvalue weighted by Gasteiger charge is 2.20. The van der Waals surface area contributed by atoms with E-state index in [0.717, 1.165) is 19.4 Å². The normalized spacial score (nSPS) is 18.9. The third kappa shape index (κ3) is 5.10. The molecule has 2 N–H and O–H groups in total. The molecule has 0 radical (unpaired) electrons. The SMILES string of the molecule is Cl.N#Cc1cccc(CS(=O)(=O)N[C@H]2CCCNC2)c1. The summed E-state index contributed by atoms with van der Waals surface area (Å²) < 4.78 is 26.8. The highest BCUT2D eigenvalue weighted by molar-refractivity contribution is 7.88. The number of hydrogen-bond donors (Lipinski definition) is 2. The van der Waals surface area contributed by atoms with Crippen molar-refractivity contribution in [2.24, 2.45) is 0 Å². The summed E-state index contributed by atoms with van der Waals surface area (Å²) in [6, 6.07) is 8.67. The van der Waals surface area contributed by atoms with E-state index in [2.05, 4.69) is 10.0 Å². The van der Waals surface area contributed by atoms with Crippen molar-refractivity contribution in [3.63, 3.8) is 0 Å². The van der Waals surface area contributed by atoms with Crippen molar-refractivity contribution in [1.29, 1.82) is 5.26 Å². The van der Waals surface area contributed by atoms with E-state index >= 15 is 0 Å². The minimum atomic E-state index is -3.36. The number of rotatable bonds is 4. The maximum absolute atomic E-state index is 12.0. The van der Waals surface area contributed by atoms with Gasteiger partial charge < -0.3 is 5.32 Å². The van der Waals surface area contributed by atoms with Crippen molar-refractivity contribution in [3.8, 4) is 6.07 Å². The molecule has 1 aromatic carbocycles. The highest BCUT2D eigenvalue weighted by Crippen LogP contribution is 2.10. The van der Waals surface area contributed by atoms with Crippen LogP contribution in [0.5, 0.6) is 0 Å². The molecule has 7 heteroatoms.